The van der Waals surface area contributed by atoms with Crippen molar-refractivity contribution in [2.45, 2.75) is 38.8 Å². The van der Waals surface area contributed by atoms with Gasteiger partial charge in [0.2, 0.25) is 17.7 Å². The third kappa shape index (κ3) is 7.80. The van der Waals surface area contributed by atoms with E-state index in [4.69, 9.17) is 4.74 Å². The molecule has 2 N–H and O–H groups in total. The summed E-state index contributed by atoms with van der Waals surface area (Å²) in [6.07, 6.45) is 1.66. The summed E-state index contributed by atoms with van der Waals surface area (Å²) in [6, 6.07) is 23.6. The maximum Gasteiger partial charge on any atom is 0.410 e. The predicted octanol–water partition coefficient (Wildman–Crippen LogP) is 4.63. The standard InChI is InChI=1S/C34H34N4O5/c1-24(39)38-20-5-8-31(38)33(41)36-30-17-13-26(14-18-30)10-9-25-11-15-29(16-12-25)35-32(40)28-19-21-37(22-28)34(42)43-23-27-6-3-2-4-7-27/h2-4,6-7,11-18,28,31H,5,8,19-23H2,1H3,(H,35,40)(H,36,41)/t28?,31-/m0/s1. The Morgan fingerprint density at radius 2 is 1.40 bits per heavy atom. The minimum Gasteiger partial charge on any atom is -0.445 e. The van der Waals surface area contributed by atoms with Crippen LogP contribution in [0.2, 0.25) is 0 Å². The van der Waals surface area contributed by atoms with Gasteiger partial charge < -0.3 is 25.2 Å². The molecule has 0 bridgehead atoms. The monoisotopic (exact) mass is 578 g/mol. The van der Waals surface area contributed by atoms with Gasteiger partial charge in [0.25, 0.3) is 0 Å². The highest BCUT2D eigenvalue weighted by Gasteiger charge is 2.33. The number of likely N-dealkylation sites (tertiary alicyclic amines) is 2. The molecule has 4 amide bonds. The Hall–Kier alpha value is -5.10. The van der Waals surface area contributed by atoms with Crippen molar-refractivity contribution in [3.05, 3.63) is 95.6 Å². The van der Waals surface area contributed by atoms with Crippen LogP contribution in [0.4, 0.5) is 16.2 Å². The van der Waals surface area contributed by atoms with Gasteiger partial charge in [-0.1, -0.05) is 42.2 Å². The van der Waals surface area contributed by atoms with Gasteiger partial charge in [0.1, 0.15) is 12.6 Å². The van der Waals surface area contributed by atoms with Crippen LogP contribution in [0.3, 0.4) is 0 Å². The van der Waals surface area contributed by atoms with Crippen molar-refractivity contribution < 1.29 is 23.9 Å². The summed E-state index contributed by atoms with van der Waals surface area (Å²) in [7, 11) is 0. The molecular weight excluding hydrogens is 544 g/mol. The van der Waals surface area contributed by atoms with E-state index in [9.17, 15) is 19.2 Å². The Morgan fingerprint density at radius 3 is 2.00 bits per heavy atom. The van der Waals surface area contributed by atoms with E-state index in [1.165, 1.54) is 6.92 Å². The lowest BCUT2D eigenvalue weighted by atomic mass is 10.1. The van der Waals surface area contributed by atoms with Gasteiger partial charge in [-0.25, -0.2) is 4.79 Å². The lowest BCUT2D eigenvalue weighted by Crippen LogP contribution is -2.42. The van der Waals surface area contributed by atoms with E-state index in [0.29, 0.717) is 43.9 Å². The van der Waals surface area contributed by atoms with Crippen LogP contribution in [0.5, 0.6) is 0 Å². The predicted molar refractivity (Wildman–Crippen MR) is 163 cm³/mol. The van der Waals surface area contributed by atoms with Gasteiger partial charge in [-0.15, -0.1) is 0 Å². The van der Waals surface area contributed by atoms with Gasteiger partial charge >= 0.3 is 6.09 Å². The van der Waals surface area contributed by atoms with Crippen LogP contribution >= 0.6 is 0 Å². The summed E-state index contributed by atoms with van der Waals surface area (Å²) in [6.45, 7) is 3.11. The second kappa shape index (κ2) is 13.7. The van der Waals surface area contributed by atoms with Crippen molar-refractivity contribution >= 4 is 35.2 Å². The first-order chi connectivity index (χ1) is 20.9. The molecule has 220 valence electrons. The van der Waals surface area contributed by atoms with E-state index < -0.39 is 12.1 Å². The smallest absolute Gasteiger partial charge is 0.410 e. The lowest BCUT2D eigenvalue weighted by Gasteiger charge is -2.22. The maximum absolute atomic E-state index is 12.8. The van der Waals surface area contributed by atoms with E-state index in [2.05, 4.69) is 22.5 Å². The highest BCUT2D eigenvalue weighted by molar-refractivity contribution is 5.97. The average molecular weight is 579 g/mol. The number of carbonyl (C=O) groups excluding carboxylic acids is 4. The third-order valence-electron chi connectivity index (χ3n) is 7.64. The highest BCUT2D eigenvalue weighted by Crippen LogP contribution is 2.21. The quantitative estimate of drug-likeness (QED) is 0.415. The Balaban J connectivity index is 1.08. The van der Waals surface area contributed by atoms with E-state index in [1.54, 1.807) is 34.1 Å². The molecule has 9 heteroatoms. The molecule has 0 aromatic heterocycles. The maximum atomic E-state index is 12.8. The zero-order chi connectivity index (χ0) is 30.2. The molecular formula is C34H34N4O5. The van der Waals surface area contributed by atoms with Crippen LogP contribution in [-0.2, 0) is 25.7 Å². The van der Waals surface area contributed by atoms with Crippen molar-refractivity contribution in [3.8, 4) is 11.8 Å². The Labute approximate surface area is 251 Å². The Morgan fingerprint density at radius 1 is 0.791 bits per heavy atom. The lowest BCUT2D eigenvalue weighted by molar-refractivity contribution is -0.134. The van der Waals surface area contributed by atoms with Crippen LogP contribution in [-0.4, -0.2) is 59.3 Å². The third-order valence-corrected chi connectivity index (χ3v) is 7.64. The number of ether oxygens (including phenoxy) is 1. The molecule has 0 spiro atoms. The molecule has 2 atom stereocenters. The number of hydrogen-bond donors (Lipinski definition) is 2. The number of rotatable bonds is 6. The molecule has 2 aliphatic heterocycles. The van der Waals surface area contributed by atoms with Crippen LogP contribution in [0.1, 0.15) is 42.9 Å². The molecule has 2 saturated heterocycles. The van der Waals surface area contributed by atoms with Gasteiger partial charge in [-0.3, -0.25) is 14.4 Å². The average Bonchev–Trinajstić information content (AvgIpc) is 3.72. The van der Waals surface area contributed by atoms with Crippen LogP contribution in [0.15, 0.2) is 78.9 Å². The second-order valence-electron chi connectivity index (χ2n) is 10.7. The molecule has 9 nitrogen and oxygen atoms in total. The zero-order valence-electron chi connectivity index (χ0n) is 24.0. The van der Waals surface area contributed by atoms with E-state index >= 15 is 0 Å². The number of amides is 4. The molecule has 0 saturated carbocycles. The molecule has 0 radical (unpaired) electrons. The molecule has 3 aromatic carbocycles. The van der Waals surface area contributed by atoms with Gasteiger partial charge in [0, 0.05) is 49.1 Å². The summed E-state index contributed by atoms with van der Waals surface area (Å²) in [5.74, 6) is 5.52. The van der Waals surface area contributed by atoms with Crippen LogP contribution in [0, 0.1) is 17.8 Å². The first kappa shape index (κ1) is 29.4. The number of nitrogens with zero attached hydrogens (tertiary/aromatic N) is 2. The van der Waals surface area contributed by atoms with Crippen molar-refractivity contribution in [3.63, 3.8) is 0 Å². The van der Waals surface area contributed by atoms with Crippen molar-refractivity contribution in [1.82, 2.24) is 9.80 Å². The summed E-state index contributed by atoms with van der Waals surface area (Å²) < 4.78 is 5.39. The van der Waals surface area contributed by atoms with E-state index in [1.807, 2.05) is 54.6 Å². The first-order valence-corrected chi connectivity index (χ1v) is 14.4. The molecule has 3 aromatic rings. The summed E-state index contributed by atoms with van der Waals surface area (Å²) in [5, 5.41) is 5.82. The van der Waals surface area contributed by atoms with Gasteiger partial charge in [-0.2, -0.15) is 0 Å². The normalized spacial score (nSPS) is 17.5. The largest absolute Gasteiger partial charge is 0.445 e. The summed E-state index contributed by atoms with van der Waals surface area (Å²) in [4.78, 5) is 52.8. The van der Waals surface area contributed by atoms with E-state index in [0.717, 1.165) is 23.1 Å². The number of carbonyl (C=O) groups is 4. The van der Waals surface area contributed by atoms with Crippen molar-refractivity contribution in [2.24, 2.45) is 5.92 Å². The molecule has 5 rings (SSSR count). The molecule has 2 fully saturated rings. The van der Waals surface area contributed by atoms with Gasteiger partial charge in [0.15, 0.2) is 0 Å². The number of nitrogens with one attached hydrogen (secondary N) is 2. The number of benzene rings is 3. The Bertz CT molecular complexity index is 1530. The Kier molecular flexibility index (Phi) is 9.37. The fourth-order valence-corrected chi connectivity index (χ4v) is 5.25. The van der Waals surface area contributed by atoms with Gasteiger partial charge in [-0.05, 0) is 73.4 Å². The summed E-state index contributed by atoms with van der Waals surface area (Å²) in [5.41, 5.74) is 3.80. The van der Waals surface area contributed by atoms with Crippen molar-refractivity contribution in [1.29, 1.82) is 0 Å². The fourth-order valence-electron chi connectivity index (χ4n) is 5.25. The number of hydrogen-bond acceptors (Lipinski definition) is 5. The minimum absolute atomic E-state index is 0.0854. The topological polar surface area (TPSA) is 108 Å². The molecule has 1 unspecified atom stereocenters. The molecule has 43 heavy (non-hydrogen) atoms. The zero-order valence-corrected chi connectivity index (χ0v) is 24.0. The minimum atomic E-state index is -0.424. The van der Waals surface area contributed by atoms with Crippen LogP contribution in [0.25, 0.3) is 0 Å². The van der Waals surface area contributed by atoms with Crippen LogP contribution < -0.4 is 10.6 Å². The van der Waals surface area contributed by atoms with Gasteiger partial charge in [0.05, 0.1) is 5.92 Å². The molecule has 2 heterocycles. The highest BCUT2D eigenvalue weighted by atomic mass is 16.6. The second-order valence-corrected chi connectivity index (χ2v) is 10.7. The molecule has 0 aliphatic carbocycles. The fraction of sp³-hybridized carbons (Fsp3) is 0.294. The number of anilines is 2. The molecule has 2 aliphatic rings. The first-order valence-electron chi connectivity index (χ1n) is 14.4. The van der Waals surface area contributed by atoms with E-state index in [-0.39, 0.29) is 30.2 Å². The SMILES string of the molecule is CC(=O)N1CCC[C@H]1C(=O)Nc1ccc(C#Cc2ccc(NC(=O)C3CCN(C(=O)OCc4ccccc4)C3)cc2)cc1. The van der Waals surface area contributed by atoms with Crippen molar-refractivity contribution in [2.75, 3.05) is 30.3 Å². The summed E-state index contributed by atoms with van der Waals surface area (Å²) >= 11 is 0.